The Morgan fingerprint density at radius 2 is 0.538 bits per heavy atom. The van der Waals surface area contributed by atoms with Gasteiger partial charge in [-0.3, -0.25) is 9.59 Å². The maximum atomic E-state index is 13.0. The molecule has 0 saturated heterocycles. The lowest BCUT2D eigenvalue weighted by Gasteiger charge is -2.26. The van der Waals surface area contributed by atoms with Crippen LogP contribution in [0.15, 0.2) is 146 Å². The van der Waals surface area contributed by atoms with Gasteiger partial charge in [-0.25, -0.2) is 0 Å². The molecule has 0 spiro atoms. The van der Waals surface area contributed by atoms with Crippen LogP contribution >= 0.6 is 0 Å². The Labute approximate surface area is 655 Å². The van der Waals surface area contributed by atoms with Gasteiger partial charge in [0.15, 0.2) is 12.4 Å². The van der Waals surface area contributed by atoms with E-state index in [-0.39, 0.29) is 38.6 Å². The number of carboxylic acids is 1. The monoisotopic (exact) mass is 1470 g/mol. The van der Waals surface area contributed by atoms with E-state index in [9.17, 15) is 19.5 Å². The molecule has 0 N–H and O–H groups in total. The fourth-order valence-corrected chi connectivity index (χ4v) is 12.6. The maximum absolute atomic E-state index is 13.0. The van der Waals surface area contributed by atoms with E-state index in [4.69, 9.17) is 18.9 Å². The van der Waals surface area contributed by atoms with E-state index in [1.165, 1.54) is 238 Å². The Kier molecular flexibility index (Phi) is 81.9. The van der Waals surface area contributed by atoms with E-state index >= 15 is 0 Å². The lowest BCUT2D eigenvalue weighted by Crippen LogP contribution is -2.44. The van der Waals surface area contributed by atoms with Gasteiger partial charge in [0.1, 0.15) is 13.2 Å². The standard InChI is InChI=1S/C97H167NO8/c1-6-8-10-12-14-16-18-20-22-24-26-28-30-32-34-36-38-40-42-44-46-48-50-52-54-56-58-60-62-64-66-68-70-72-74-76-78-80-82-84-86-88-95(100)106-93(92-105-97(96(101)102)103-90-89-98(3,4)5)91-104-94(99)87-85-83-81-79-77-75-73-71-69-67-65-63-61-59-57-55-53-51-49-47-45-43-41-39-37-35-33-31-29-27-25-23-21-19-17-15-13-11-9-7-2/h8,10,14,16,20,22,26,28,32,34,38,40,44,46,50,52,56,58,62,64,68,70,74,76,93,97H,6-7,9,11-13,15,17-19,21,23-25,27,29-31,33,35-37,39,41-43,45,47-49,51,53-55,57,59-61,63,65-67,69,71-73,75,77-92H2,1-5H3/b10-8-,16-14-,22-20-,28-26-,34-32-,40-38-,46-44-,52-50-,58-56-,64-62-,70-68-,76-74-. The number of ether oxygens (including phenoxy) is 4. The first-order valence-corrected chi connectivity index (χ1v) is 44.5. The number of unbranched alkanes of at least 4 members (excludes halogenated alkanes) is 43. The Morgan fingerprint density at radius 3 is 0.802 bits per heavy atom. The molecule has 0 fully saturated rings. The molecule has 0 aromatic carbocycles. The number of carbonyl (C=O) groups is 3. The molecule has 0 aliphatic rings. The van der Waals surface area contributed by atoms with Gasteiger partial charge in [-0.1, -0.05) is 423 Å². The van der Waals surface area contributed by atoms with Crippen molar-refractivity contribution in [1.29, 1.82) is 0 Å². The van der Waals surface area contributed by atoms with Crippen molar-refractivity contribution >= 4 is 17.9 Å². The number of likely N-dealkylation sites (N-methyl/N-ethyl adjacent to an activating group) is 1. The third-order valence-corrected chi connectivity index (χ3v) is 19.4. The molecule has 0 saturated carbocycles. The van der Waals surface area contributed by atoms with E-state index in [0.29, 0.717) is 17.4 Å². The number of aliphatic carboxylic acids is 1. The largest absolute Gasteiger partial charge is 0.545 e. The molecule has 0 bridgehead atoms. The van der Waals surface area contributed by atoms with Crippen LogP contribution in [0.25, 0.3) is 0 Å². The van der Waals surface area contributed by atoms with Crippen LogP contribution < -0.4 is 5.11 Å². The van der Waals surface area contributed by atoms with Gasteiger partial charge in [0, 0.05) is 12.8 Å². The van der Waals surface area contributed by atoms with Crippen LogP contribution in [-0.2, 0) is 33.3 Å². The molecule has 2 atom stereocenters. The second-order valence-corrected chi connectivity index (χ2v) is 30.8. The summed E-state index contributed by atoms with van der Waals surface area (Å²) in [7, 11) is 5.93. The molecule has 608 valence electrons. The molecule has 0 aliphatic carbocycles. The highest BCUT2D eigenvalue weighted by Gasteiger charge is 2.22. The average molecular weight is 1480 g/mol. The van der Waals surface area contributed by atoms with Crippen molar-refractivity contribution in [3.63, 3.8) is 0 Å². The maximum Gasteiger partial charge on any atom is 0.306 e. The highest BCUT2D eigenvalue weighted by Crippen LogP contribution is 2.20. The number of carbonyl (C=O) groups excluding carboxylic acids is 3. The van der Waals surface area contributed by atoms with Gasteiger partial charge < -0.3 is 33.3 Å². The SMILES string of the molecule is CC/C=C\C/C=C\C/C=C\C/C=C\C/C=C\C/C=C\C/C=C\C/C=C\C/C=C\C/C=C\C/C=C\C/C=C\CCCCCCC(=O)OC(COC(=O)CCCCCCCCCCCCCCCCCCCCCCCCCCCCCCCCCCCCCCCCCC)COC(OCC[N+](C)(C)C)C(=O)[O-]. The summed E-state index contributed by atoms with van der Waals surface area (Å²) >= 11 is 0. The molecule has 9 nitrogen and oxygen atoms in total. The summed E-state index contributed by atoms with van der Waals surface area (Å²) in [6.45, 7) is 4.64. The van der Waals surface area contributed by atoms with Crippen molar-refractivity contribution in [3.05, 3.63) is 146 Å². The van der Waals surface area contributed by atoms with Gasteiger partial charge in [0.25, 0.3) is 0 Å². The Hall–Kier alpha value is -4.83. The van der Waals surface area contributed by atoms with Crippen molar-refractivity contribution in [3.8, 4) is 0 Å². The lowest BCUT2D eigenvalue weighted by molar-refractivity contribution is -0.870. The first-order chi connectivity index (χ1) is 52.1. The fourth-order valence-electron chi connectivity index (χ4n) is 12.6. The molecule has 0 aromatic heterocycles. The first kappa shape index (κ1) is 101. The van der Waals surface area contributed by atoms with Crippen molar-refractivity contribution in [2.45, 2.75) is 405 Å². The highest BCUT2D eigenvalue weighted by molar-refractivity contribution is 5.70. The summed E-state index contributed by atoms with van der Waals surface area (Å²) < 4.78 is 22.9. The minimum atomic E-state index is -1.64. The third-order valence-electron chi connectivity index (χ3n) is 19.4. The number of carboxylic acid groups (broad SMARTS) is 1. The van der Waals surface area contributed by atoms with Crippen LogP contribution in [0, 0.1) is 0 Å². The van der Waals surface area contributed by atoms with Crippen LogP contribution in [0.4, 0.5) is 0 Å². The highest BCUT2D eigenvalue weighted by atomic mass is 16.7. The van der Waals surface area contributed by atoms with Crippen molar-refractivity contribution in [2.24, 2.45) is 0 Å². The topological polar surface area (TPSA) is 111 Å². The van der Waals surface area contributed by atoms with E-state index < -0.39 is 24.3 Å². The quantitative estimate of drug-likeness (QED) is 0.0195. The molecule has 106 heavy (non-hydrogen) atoms. The molecule has 0 aliphatic heterocycles. The zero-order chi connectivity index (χ0) is 76.7. The summed E-state index contributed by atoms with van der Waals surface area (Å²) in [4.78, 5) is 37.7. The normalized spacial score (nSPS) is 13.3. The zero-order valence-electron chi connectivity index (χ0n) is 69.8. The van der Waals surface area contributed by atoms with Crippen molar-refractivity contribution in [2.75, 3.05) is 47.5 Å². The van der Waals surface area contributed by atoms with Crippen LogP contribution in [-0.4, -0.2) is 82.3 Å². The number of rotatable bonds is 82. The number of quaternary nitrogens is 1. The number of hydrogen-bond donors (Lipinski definition) is 0. The van der Waals surface area contributed by atoms with Crippen LogP contribution in [0.2, 0.25) is 0 Å². The minimum Gasteiger partial charge on any atom is -0.545 e. The van der Waals surface area contributed by atoms with Gasteiger partial charge in [0.2, 0.25) is 0 Å². The van der Waals surface area contributed by atoms with Gasteiger partial charge in [-0.2, -0.15) is 0 Å². The molecule has 0 rings (SSSR count). The van der Waals surface area contributed by atoms with E-state index in [2.05, 4.69) is 160 Å². The predicted molar refractivity (Wildman–Crippen MR) is 458 cm³/mol. The van der Waals surface area contributed by atoms with Crippen LogP contribution in [0.1, 0.15) is 393 Å². The second-order valence-electron chi connectivity index (χ2n) is 30.8. The zero-order valence-corrected chi connectivity index (χ0v) is 69.8. The summed E-state index contributed by atoms with van der Waals surface area (Å²) in [5.74, 6) is -2.31. The molecule has 0 heterocycles. The fraction of sp³-hybridized carbons (Fsp3) is 0.722. The van der Waals surface area contributed by atoms with Crippen LogP contribution in [0.5, 0.6) is 0 Å². The van der Waals surface area contributed by atoms with E-state index in [0.717, 1.165) is 122 Å². The molecule has 2 unspecified atom stereocenters. The van der Waals surface area contributed by atoms with Gasteiger partial charge in [-0.15, -0.1) is 0 Å². The third kappa shape index (κ3) is 86.4. The summed E-state index contributed by atoms with van der Waals surface area (Å²) in [6.07, 6.45) is 123. The lowest BCUT2D eigenvalue weighted by atomic mass is 10.0. The Morgan fingerprint density at radius 1 is 0.292 bits per heavy atom. The Bertz CT molecular complexity index is 2270. The van der Waals surface area contributed by atoms with E-state index in [1.54, 1.807) is 0 Å². The van der Waals surface area contributed by atoms with Crippen LogP contribution in [0.3, 0.4) is 0 Å². The number of esters is 2. The summed E-state index contributed by atoms with van der Waals surface area (Å²) in [5.41, 5.74) is 0. The minimum absolute atomic E-state index is 0.137. The summed E-state index contributed by atoms with van der Waals surface area (Å²) in [5, 5.41) is 11.9. The predicted octanol–water partition coefficient (Wildman–Crippen LogP) is 28.0. The average Bonchev–Trinajstić information content (AvgIpc) is 0.935. The number of hydrogen-bond acceptors (Lipinski definition) is 8. The van der Waals surface area contributed by atoms with Gasteiger partial charge in [-0.05, 0) is 103 Å². The summed E-state index contributed by atoms with van der Waals surface area (Å²) in [6, 6.07) is 0. The molecule has 0 radical (unpaired) electrons. The van der Waals surface area contributed by atoms with E-state index in [1.807, 2.05) is 21.1 Å². The van der Waals surface area contributed by atoms with Crippen molar-refractivity contribution < 1.29 is 42.9 Å². The molecule has 0 aromatic rings. The molecular weight excluding hydrogens is 1310 g/mol. The number of allylic oxidation sites excluding steroid dienone is 24. The number of nitrogens with zero attached hydrogens (tertiary/aromatic N) is 1. The Balaban J connectivity index is 4.05. The second kappa shape index (κ2) is 85.8. The van der Waals surface area contributed by atoms with Gasteiger partial charge >= 0.3 is 11.9 Å². The smallest absolute Gasteiger partial charge is 0.306 e. The molecular formula is C97H167NO8. The first-order valence-electron chi connectivity index (χ1n) is 44.5. The van der Waals surface area contributed by atoms with Gasteiger partial charge in [0.05, 0.1) is 40.3 Å². The molecule has 0 amide bonds. The molecule has 9 heteroatoms. The van der Waals surface area contributed by atoms with Crippen molar-refractivity contribution in [1.82, 2.24) is 0 Å².